The first-order valence-electron chi connectivity index (χ1n) is 12.3. The third kappa shape index (κ3) is 6.27. The predicted molar refractivity (Wildman–Crippen MR) is 142 cm³/mol. The molecular weight excluding hydrogens is 454 g/mol. The highest BCUT2D eigenvalue weighted by atomic mass is 16.4. The van der Waals surface area contributed by atoms with Crippen LogP contribution in [0.4, 0.5) is 17.2 Å². The van der Waals surface area contributed by atoms with Crippen molar-refractivity contribution in [3.05, 3.63) is 67.0 Å². The van der Waals surface area contributed by atoms with Crippen LogP contribution in [0.2, 0.25) is 0 Å². The normalized spacial score (nSPS) is 10.9. The molecule has 0 atom stereocenters. The van der Waals surface area contributed by atoms with Crippen LogP contribution in [0.5, 0.6) is 0 Å². The molecule has 0 aliphatic rings. The fourth-order valence-electron chi connectivity index (χ4n) is 4.23. The summed E-state index contributed by atoms with van der Waals surface area (Å²) in [4.78, 5) is 37.3. The first-order chi connectivity index (χ1) is 17.5. The van der Waals surface area contributed by atoms with Gasteiger partial charge < -0.3 is 20.3 Å². The van der Waals surface area contributed by atoms with Crippen LogP contribution in [0, 0.1) is 0 Å². The second kappa shape index (κ2) is 12.0. The van der Waals surface area contributed by atoms with Gasteiger partial charge in [-0.3, -0.25) is 9.59 Å². The molecule has 2 aromatic heterocycles. The summed E-state index contributed by atoms with van der Waals surface area (Å²) in [6.07, 6.45) is 5.27. The molecule has 0 aliphatic carbocycles. The maximum atomic E-state index is 12.2. The summed E-state index contributed by atoms with van der Waals surface area (Å²) in [6, 6.07) is 19.9. The molecule has 4 aromatic rings. The number of carboxylic acid groups (broad SMARTS) is 1. The lowest BCUT2D eigenvalue weighted by molar-refractivity contribution is -0.137. The van der Waals surface area contributed by atoms with Gasteiger partial charge in [0.2, 0.25) is 5.91 Å². The molecule has 2 aromatic carbocycles. The molecule has 8 heteroatoms. The number of nitrogens with one attached hydrogen (secondary N) is 2. The second-order valence-corrected chi connectivity index (χ2v) is 8.66. The fraction of sp³-hybridized carbons (Fsp3) is 0.286. The number of hydrogen-bond acceptors (Lipinski definition) is 5. The Balaban J connectivity index is 1.41. The van der Waals surface area contributed by atoms with Gasteiger partial charge in [-0.05, 0) is 55.7 Å². The Bertz CT molecular complexity index is 1300. The zero-order valence-corrected chi connectivity index (χ0v) is 20.4. The van der Waals surface area contributed by atoms with Gasteiger partial charge in [-0.1, -0.05) is 43.2 Å². The van der Waals surface area contributed by atoms with Gasteiger partial charge in [0, 0.05) is 36.5 Å². The van der Waals surface area contributed by atoms with E-state index >= 15 is 0 Å². The van der Waals surface area contributed by atoms with Crippen LogP contribution in [0.1, 0.15) is 45.4 Å². The minimum absolute atomic E-state index is 0.0351. The number of benzene rings is 2. The minimum Gasteiger partial charge on any atom is -0.481 e. The fourth-order valence-corrected chi connectivity index (χ4v) is 4.23. The molecule has 36 heavy (non-hydrogen) atoms. The zero-order valence-electron chi connectivity index (χ0n) is 20.4. The number of anilines is 3. The van der Waals surface area contributed by atoms with Crippen molar-refractivity contribution in [1.82, 2.24) is 15.0 Å². The zero-order chi connectivity index (χ0) is 25.3. The number of carbonyl (C=O) groups is 2. The van der Waals surface area contributed by atoms with E-state index in [4.69, 9.17) is 5.11 Å². The van der Waals surface area contributed by atoms with Crippen molar-refractivity contribution in [2.24, 2.45) is 0 Å². The van der Waals surface area contributed by atoms with Crippen molar-refractivity contribution < 1.29 is 14.7 Å². The highest BCUT2D eigenvalue weighted by Crippen LogP contribution is 2.32. The molecule has 0 saturated carbocycles. The number of unbranched alkanes of at least 4 members (excludes halogenated alkanes) is 3. The van der Waals surface area contributed by atoms with Gasteiger partial charge in [-0.2, -0.15) is 0 Å². The molecule has 3 N–H and O–H groups in total. The van der Waals surface area contributed by atoms with E-state index in [1.54, 1.807) is 6.33 Å². The van der Waals surface area contributed by atoms with Crippen LogP contribution in [0.15, 0.2) is 67.0 Å². The summed E-state index contributed by atoms with van der Waals surface area (Å²) in [5, 5.41) is 12.5. The summed E-state index contributed by atoms with van der Waals surface area (Å²) in [5.74, 6) is 0.0437. The van der Waals surface area contributed by atoms with Gasteiger partial charge in [-0.25, -0.2) is 9.97 Å². The Hall–Kier alpha value is -4.20. The number of carbonyl (C=O) groups excluding carboxylic acids is 1. The van der Waals surface area contributed by atoms with Gasteiger partial charge >= 0.3 is 5.97 Å². The topological polar surface area (TPSA) is 111 Å². The number of aromatic nitrogens is 3. The van der Waals surface area contributed by atoms with E-state index in [0.717, 1.165) is 65.3 Å². The molecule has 1 amide bonds. The summed E-state index contributed by atoms with van der Waals surface area (Å²) < 4.78 is 0. The van der Waals surface area contributed by atoms with Crippen LogP contribution in [-0.4, -0.2) is 38.5 Å². The van der Waals surface area contributed by atoms with Crippen LogP contribution in [0.3, 0.4) is 0 Å². The van der Waals surface area contributed by atoms with Gasteiger partial charge in [0.05, 0.1) is 5.39 Å². The third-order valence-electron chi connectivity index (χ3n) is 6.07. The molecule has 0 fully saturated rings. The SMILES string of the molecule is CCN(c1ccccc1)c1ncnc2[nH]c(-c3ccc(NC(=O)CCCCCCC(=O)O)cc3)cc12. The summed E-state index contributed by atoms with van der Waals surface area (Å²) in [5.41, 5.74) is 4.49. The first kappa shape index (κ1) is 24.9. The number of aromatic amines is 1. The quantitative estimate of drug-likeness (QED) is 0.208. The standard InChI is InChI=1S/C28H31N5O3/c1-2-33(22-10-6-5-7-11-22)28-23-18-24(32-27(23)29-19-30-28)20-14-16-21(17-15-20)31-25(34)12-8-3-4-9-13-26(35)36/h5-7,10-11,14-19H,2-4,8-9,12-13H2,1H3,(H,31,34)(H,35,36)(H,29,30,32). The molecule has 2 heterocycles. The highest BCUT2D eigenvalue weighted by Gasteiger charge is 2.15. The van der Waals surface area contributed by atoms with E-state index in [1.807, 2.05) is 42.5 Å². The maximum Gasteiger partial charge on any atom is 0.303 e. The molecule has 0 aliphatic heterocycles. The number of para-hydroxylation sites is 1. The number of aliphatic carboxylic acids is 1. The van der Waals surface area contributed by atoms with Crippen LogP contribution in [0.25, 0.3) is 22.3 Å². The van der Waals surface area contributed by atoms with Crippen LogP contribution in [-0.2, 0) is 9.59 Å². The molecule has 0 bridgehead atoms. The van der Waals surface area contributed by atoms with Crippen molar-refractivity contribution in [3.63, 3.8) is 0 Å². The second-order valence-electron chi connectivity index (χ2n) is 8.66. The number of amides is 1. The Kier molecular flexibility index (Phi) is 8.28. The number of rotatable bonds is 12. The number of carboxylic acids is 1. The van der Waals surface area contributed by atoms with E-state index in [1.165, 1.54) is 0 Å². The van der Waals surface area contributed by atoms with Gasteiger partial charge in [0.15, 0.2) is 0 Å². The van der Waals surface area contributed by atoms with Gasteiger partial charge in [0.25, 0.3) is 0 Å². The van der Waals surface area contributed by atoms with Crippen molar-refractivity contribution in [2.75, 3.05) is 16.8 Å². The molecule has 0 spiro atoms. The molecule has 0 unspecified atom stereocenters. The molecule has 0 radical (unpaired) electrons. The Morgan fingerprint density at radius 2 is 1.67 bits per heavy atom. The van der Waals surface area contributed by atoms with Crippen LogP contribution >= 0.6 is 0 Å². The summed E-state index contributed by atoms with van der Waals surface area (Å²) >= 11 is 0. The number of hydrogen-bond donors (Lipinski definition) is 3. The lowest BCUT2D eigenvalue weighted by Crippen LogP contribution is -2.17. The molecule has 0 saturated heterocycles. The molecule has 8 nitrogen and oxygen atoms in total. The van der Waals surface area contributed by atoms with Crippen molar-refractivity contribution in [1.29, 1.82) is 0 Å². The average molecular weight is 486 g/mol. The Labute approximate surface area is 210 Å². The van der Waals surface area contributed by atoms with Crippen molar-refractivity contribution in [2.45, 2.75) is 45.4 Å². The number of nitrogens with zero attached hydrogens (tertiary/aromatic N) is 3. The Morgan fingerprint density at radius 3 is 2.36 bits per heavy atom. The first-order valence-corrected chi connectivity index (χ1v) is 12.3. The highest BCUT2D eigenvalue weighted by molar-refractivity contribution is 5.94. The maximum absolute atomic E-state index is 12.2. The smallest absolute Gasteiger partial charge is 0.303 e. The minimum atomic E-state index is -0.771. The predicted octanol–water partition coefficient (Wildman–Crippen LogP) is 6.15. The van der Waals surface area contributed by atoms with Crippen LogP contribution < -0.4 is 10.2 Å². The van der Waals surface area contributed by atoms with E-state index in [0.29, 0.717) is 12.8 Å². The van der Waals surface area contributed by atoms with Crippen molar-refractivity contribution in [3.8, 4) is 11.3 Å². The van der Waals surface area contributed by atoms with E-state index in [9.17, 15) is 9.59 Å². The molecule has 4 rings (SSSR count). The van der Waals surface area contributed by atoms with E-state index in [-0.39, 0.29) is 12.3 Å². The average Bonchev–Trinajstić information content (AvgIpc) is 3.33. The largest absolute Gasteiger partial charge is 0.481 e. The third-order valence-corrected chi connectivity index (χ3v) is 6.07. The summed E-state index contributed by atoms with van der Waals surface area (Å²) in [7, 11) is 0. The Morgan fingerprint density at radius 1 is 0.944 bits per heavy atom. The van der Waals surface area contributed by atoms with Gasteiger partial charge in [-0.15, -0.1) is 0 Å². The monoisotopic (exact) mass is 485 g/mol. The lowest BCUT2D eigenvalue weighted by atomic mass is 10.1. The summed E-state index contributed by atoms with van der Waals surface area (Å²) in [6.45, 7) is 2.87. The van der Waals surface area contributed by atoms with E-state index in [2.05, 4.69) is 50.3 Å². The number of fused-ring (bicyclic) bond motifs is 1. The lowest BCUT2D eigenvalue weighted by Gasteiger charge is -2.22. The molecular formula is C28H31N5O3. The van der Waals surface area contributed by atoms with Gasteiger partial charge in [0.1, 0.15) is 17.8 Å². The van der Waals surface area contributed by atoms with Crippen molar-refractivity contribution >= 4 is 40.1 Å². The van der Waals surface area contributed by atoms with E-state index < -0.39 is 5.97 Å². The number of H-pyrrole nitrogens is 1. The molecule has 186 valence electrons.